The summed E-state index contributed by atoms with van der Waals surface area (Å²) in [6, 6.07) is 12.1. The number of aliphatic hydroxyl groups is 1. The van der Waals surface area contributed by atoms with Crippen LogP contribution in [-0.4, -0.2) is 49.3 Å². The molecule has 30 heavy (non-hydrogen) atoms. The fourth-order valence-electron chi connectivity index (χ4n) is 2.90. The Morgan fingerprint density at radius 1 is 1.17 bits per heavy atom. The van der Waals surface area contributed by atoms with Gasteiger partial charge in [0, 0.05) is 12.6 Å². The lowest BCUT2D eigenvalue weighted by atomic mass is 10.0. The molecule has 0 saturated carbocycles. The largest absolute Gasteiger partial charge is 0.482 e. The van der Waals surface area contributed by atoms with Crippen LogP contribution in [0.1, 0.15) is 29.7 Å². The first-order chi connectivity index (χ1) is 14.1. The third kappa shape index (κ3) is 7.03. The van der Waals surface area contributed by atoms with E-state index in [1.807, 2.05) is 31.0 Å². The van der Waals surface area contributed by atoms with Crippen LogP contribution in [0.25, 0.3) is 0 Å². The van der Waals surface area contributed by atoms with Crippen molar-refractivity contribution in [2.45, 2.75) is 31.7 Å². The van der Waals surface area contributed by atoms with Gasteiger partial charge in [0.15, 0.2) is 6.61 Å². The molecule has 2 aromatic carbocycles. The number of carbonyl (C=O) groups is 1. The Hall–Kier alpha value is -2.58. The number of benzene rings is 2. The molecule has 5 nitrogen and oxygen atoms in total. The zero-order valence-electron chi connectivity index (χ0n) is 17.1. The first-order valence-corrected chi connectivity index (χ1v) is 9.44. The number of carbonyl (C=O) groups excluding carboxylic acids is 1. The zero-order chi connectivity index (χ0) is 22.3. The third-order valence-corrected chi connectivity index (χ3v) is 4.85. The lowest BCUT2D eigenvalue weighted by molar-refractivity contribution is -0.143. The highest BCUT2D eigenvalue weighted by molar-refractivity contribution is 5.70. The molecular formula is C22H26F3NO4. The Morgan fingerprint density at radius 3 is 2.43 bits per heavy atom. The van der Waals surface area contributed by atoms with Crippen molar-refractivity contribution < 1.29 is 32.5 Å². The molecule has 0 aromatic heterocycles. The number of alkyl halides is 3. The van der Waals surface area contributed by atoms with Crippen molar-refractivity contribution in [2.24, 2.45) is 0 Å². The van der Waals surface area contributed by atoms with Crippen LogP contribution in [0.15, 0.2) is 48.5 Å². The van der Waals surface area contributed by atoms with Crippen molar-refractivity contribution in [2.75, 3.05) is 27.3 Å². The predicted octanol–water partition coefficient (Wildman–Crippen LogP) is 3.85. The SMILES string of the molecule is COC(=O)COc1ccc(CC(C)N(C)CC(O)c2cccc(C(F)(F)F)c2)cc1. The molecule has 164 valence electrons. The van der Waals surface area contributed by atoms with E-state index in [0.29, 0.717) is 12.2 Å². The molecule has 2 unspecified atom stereocenters. The normalized spacial score (nSPS) is 13.7. The van der Waals surface area contributed by atoms with Crippen LogP contribution in [0.4, 0.5) is 13.2 Å². The summed E-state index contributed by atoms with van der Waals surface area (Å²) in [5.41, 5.74) is 0.480. The second-order valence-corrected chi connectivity index (χ2v) is 7.14. The summed E-state index contributed by atoms with van der Waals surface area (Å²) in [7, 11) is 3.10. The van der Waals surface area contributed by atoms with Crippen LogP contribution < -0.4 is 4.74 Å². The van der Waals surface area contributed by atoms with Crippen LogP contribution in [0, 0.1) is 0 Å². The molecule has 0 saturated heterocycles. The number of esters is 1. The molecule has 0 spiro atoms. The molecule has 0 aliphatic heterocycles. The van der Waals surface area contributed by atoms with E-state index in [-0.39, 0.29) is 24.8 Å². The van der Waals surface area contributed by atoms with E-state index in [1.165, 1.54) is 19.2 Å². The van der Waals surface area contributed by atoms with Crippen LogP contribution >= 0.6 is 0 Å². The Labute approximate surface area is 174 Å². The zero-order valence-corrected chi connectivity index (χ0v) is 17.1. The summed E-state index contributed by atoms with van der Waals surface area (Å²) in [6.45, 7) is 2.01. The summed E-state index contributed by atoms with van der Waals surface area (Å²) in [5, 5.41) is 10.4. The number of ether oxygens (including phenoxy) is 2. The monoisotopic (exact) mass is 425 g/mol. The van der Waals surface area contributed by atoms with Gasteiger partial charge in [-0.25, -0.2) is 4.79 Å². The minimum atomic E-state index is -4.44. The molecule has 0 aliphatic rings. The second-order valence-electron chi connectivity index (χ2n) is 7.14. The lowest BCUT2D eigenvalue weighted by Crippen LogP contribution is -2.34. The second kappa shape index (κ2) is 10.4. The Kier molecular flexibility index (Phi) is 8.25. The van der Waals surface area contributed by atoms with Gasteiger partial charge in [0.2, 0.25) is 0 Å². The first-order valence-electron chi connectivity index (χ1n) is 9.44. The minimum absolute atomic E-state index is 0.0345. The highest BCUT2D eigenvalue weighted by Gasteiger charge is 2.31. The summed E-state index contributed by atoms with van der Waals surface area (Å²) in [6.07, 6.45) is -4.81. The van der Waals surface area contributed by atoms with Gasteiger partial charge in [0.05, 0.1) is 18.8 Å². The van der Waals surface area contributed by atoms with Crippen molar-refractivity contribution in [3.63, 3.8) is 0 Å². The molecule has 0 heterocycles. The first kappa shape index (κ1) is 23.7. The van der Waals surface area contributed by atoms with Crippen molar-refractivity contribution in [1.82, 2.24) is 4.90 Å². The fourth-order valence-corrected chi connectivity index (χ4v) is 2.90. The van der Waals surface area contributed by atoms with Crippen molar-refractivity contribution in [1.29, 1.82) is 0 Å². The molecule has 2 atom stereocenters. The number of halogens is 3. The molecule has 2 rings (SSSR count). The molecule has 0 bridgehead atoms. The van der Waals surface area contributed by atoms with Gasteiger partial charge in [0.1, 0.15) is 5.75 Å². The molecule has 0 fully saturated rings. The molecule has 2 aromatic rings. The summed E-state index contributed by atoms with van der Waals surface area (Å²) in [5.74, 6) is 0.0822. The summed E-state index contributed by atoms with van der Waals surface area (Å²) in [4.78, 5) is 13.0. The van der Waals surface area contributed by atoms with Gasteiger partial charge in [-0.3, -0.25) is 0 Å². The number of hydrogen-bond donors (Lipinski definition) is 1. The van der Waals surface area contributed by atoms with Crippen LogP contribution in [0.5, 0.6) is 5.75 Å². The van der Waals surface area contributed by atoms with Gasteiger partial charge < -0.3 is 19.5 Å². The van der Waals surface area contributed by atoms with E-state index in [2.05, 4.69) is 4.74 Å². The molecule has 0 amide bonds. The van der Waals surface area contributed by atoms with E-state index >= 15 is 0 Å². The Balaban J connectivity index is 1.91. The van der Waals surface area contributed by atoms with E-state index in [4.69, 9.17) is 4.74 Å². The number of rotatable bonds is 9. The average molecular weight is 425 g/mol. The highest BCUT2D eigenvalue weighted by Crippen LogP contribution is 2.31. The number of hydrogen-bond acceptors (Lipinski definition) is 5. The maximum absolute atomic E-state index is 12.9. The topological polar surface area (TPSA) is 59.0 Å². The lowest BCUT2D eigenvalue weighted by Gasteiger charge is -2.27. The number of aliphatic hydroxyl groups excluding tert-OH is 1. The maximum Gasteiger partial charge on any atom is 0.416 e. The van der Waals surface area contributed by atoms with Gasteiger partial charge in [-0.1, -0.05) is 24.3 Å². The van der Waals surface area contributed by atoms with Crippen molar-refractivity contribution in [3.8, 4) is 5.75 Å². The van der Waals surface area contributed by atoms with Crippen LogP contribution in [-0.2, 0) is 22.1 Å². The average Bonchev–Trinajstić information content (AvgIpc) is 2.72. The van der Waals surface area contributed by atoms with Crippen LogP contribution in [0.2, 0.25) is 0 Å². The van der Waals surface area contributed by atoms with Gasteiger partial charge >= 0.3 is 12.1 Å². The fraction of sp³-hybridized carbons (Fsp3) is 0.409. The third-order valence-electron chi connectivity index (χ3n) is 4.85. The molecular weight excluding hydrogens is 399 g/mol. The number of likely N-dealkylation sites (N-methyl/N-ethyl adjacent to an activating group) is 1. The van der Waals surface area contributed by atoms with E-state index < -0.39 is 23.8 Å². The summed E-state index contributed by atoms with van der Waals surface area (Å²) >= 11 is 0. The number of methoxy groups -OCH3 is 1. The summed E-state index contributed by atoms with van der Waals surface area (Å²) < 4.78 is 48.4. The van der Waals surface area contributed by atoms with Gasteiger partial charge in [0.25, 0.3) is 0 Å². The standard InChI is InChI=1S/C22H26F3NO4/c1-15(11-16-7-9-19(10-8-16)30-14-21(28)29-3)26(2)13-20(27)17-5-4-6-18(12-17)22(23,24)25/h4-10,12,15,20,27H,11,13-14H2,1-3H3. The number of nitrogens with zero attached hydrogens (tertiary/aromatic N) is 1. The minimum Gasteiger partial charge on any atom is -0.482 e. The molecule has 1 N–H and O–H groups in total. The smallest absolute Gasteiger partial charge is 0.416 e. The predicted molar refractivity (Wildman–Crippen MR) is 106 cm³/mol. The Bertz CT molecular complexity index is 824. The van der Waals surface area contributed by atoms with Gasteiger partial charge in [-0.15, -0.1) is 0 Å². The Morgan fingerprint density at radius 2 is 1.83 bits per heavy atom. The van der Waals surface area contributed by atoms with Crippen LogP contribution in [0.3, 0.4) is 0 Å². The highest BCUT2D eigenvalue weighted by atomic mass is 19.4. The van der Waals surface area contributed by atoms with Crippen molar-refractivity contribution in [3.05, 3.63) is 65.2 Å². The van der Waals surface area contributed by atoms with E-state index in [1.54, 1.807) is 12.1 Å². The maximum atomic E-state index is 12.9. The van der Waals surface area contributed by atoms with Gasteiger partial charge in [-0.05, 0) is 55.8 Å². The molecule has 0 aliphatic carbocycles. The van der Waals surface area contributed by atoms with E-state index in [9.17, 15) is 23.1 Å². The van der Waals surface area contributed by atoms with Gasteiger partial charge in [-0.2, -0.15) is 13.2 Å². The molecule has 8 heteroatoms. The van der Waals surface area contributed by atoms with Crippen molar-refractivity contribution >= 4 is 5.97 Å². The molecule has 0 radical (unpaired) electrons. The van der Waals surface area contributed by atoms with E-state index in [0.717, 1.165) is 17.7 Å². The quantitative estimate of drug-likeness (QED) is 0.619.